The molecule has 0 unspecified atom stereocenters. The molecule has 4 rings (SSSR count). The van der Waals surface area contributed by atoms with Gasteiger partial charge in [0.1, 0.15) is 11.5 Å². The number of hydrogen-bond acceptors (Lipinski definition) is 3. The number of methoxy groups -OCH3 is 2. The average Bonchev–Trinajstić information content (AvgIpc) is 2.78. The third kappa shape index (κ3) is 4.23. The van der Waals surface area contributed by atoms with Crippen molar-refractivity contribution < 1.29 is 14.3 Å². The zero-order valence-corrected chi connectivity index (χ0v) is 17.3. The Morgan fingerprint density at radius 3 is 1.93 bits per heavy atom. The molecule has 4 heteroatoms. The summed E-state index contributed by atoms with van der Waals surface area (Å²) in [5.41, 5.74) is 2.19. The highest BCUT2D eigenvalue weighted by Gasteiger charge is 2.09. The molecule has 0 saturated heterocycles. The smallest absolute Gasteiger partial charge is 0.224 e. The Kier molecular flexibility index (Phi) is 5.84. The molecule has 0 aromatic heterocycles. The minimum Gasteiger partial charge on any atom is -0.497 e. The van der Waals surface area contributed by atoms with Crippen molar-refractivity contribution in [1.82, 2.24) is 5.32 Å². The van der Waals surface area contributed by atoms with E-state index in [0.29, 0.717) is 13.0 Å². The summed E-state index contributed by atoms with van der Waals surface area (Å²) in [7, 11) is 3.33. The van der Waals surface area contributed by atoms with Crippen molar-refractivity contribution >= 4 is 27.5 Å². The molecule has 0 aliphatic carbocycles. The van der Waals surface area contributed by atoms with Gasteiger partial charge in [0.05, 0.1) is 20.6 Å². The van der Waals surface area contributed by atoms with Crippen molar-refractivity contribution in [3.8, 4) is 11.5 Å². The molecule has 0 aliphatic heterocycles. The van der Waals surface area contributed by atoms with Crippen LogP contribution in [0.2, 0.25) is 0 Å². The molecule has 1 amide bonds. The lowest BCUT2D eigenvalue weighted by Gasteiger charge is -2.11. The predicted octanol–water partition coefficient (Wildman–Crippen LogP) is 4.91. The molecule has 1 N–H and O–H groups in total. The molecule has 0 spiro atoms. The Hall–Kier alpha value is -3.53. The van der Waals surface area contributed by atoms with Crippen LogP contribution in [0.4, 0.5) is 0 Å². The van der Waals surface area contributed by atoms with Crippen molar-refractivity contribution in [1.29, 1.82) is 0 Å². The number of amides is 1. The van der Waals surface area contributed by atoms with Crippen LogP contribution in [0.1, 0.15) is 11.1 Å². The van der Waals surface area contributed by atoms with Gasteiger partial charge in [-0.15, -0.1) is 0 Å². The lowest BCUT2D eigenvalue weighted by Crippen LogP contribution is -2.27. The number of carbonyl (C=O) groups excluding carboxylic acids is 1. The highest BCUT2D eigenvalue weighted by Crippen LogP contribution is 2.25. The van der Waals surface area contributed by atoms with E-state index in [1.165, 1.54) is 10.9 Å². The number of fused-ring (bicyclic) bond motifs is 2. The van der Waals surface area contributed by atoms with Crippen molar-refractivity contribution in [2.75, 3.05) is 20.8 Å². The largest absolute Gasteiger partial charge is 0.497 e. The van der Waals surface area contributed by atoms with E-state index in [2.05, 4.69) is 35.6 Å². The van der Waals surface area contributed by atoms with E-state index < -0.39 is 0 Å². The van der Waals surface area contributed by atoms with Crippen LogP contribution in [0.25, 0.3) is 21.5 Å². The second kappa shape index (κ2) is 8.87. The van der Waals surface area contributed by atoms with Gasteiger partial charge in [0, 0.05) is 6.54 Å². The summed E-state index contributed by atoms with van der Waals surface area (Å²) in [6.07, 6.45) is 1.10. The fraction of sp³-hybridized carbons (Fsp3) is 0.192. The van der Waals surface area contributed by atoms with Gasteiger partial charge in [0.25, 0.3) is 0 Å². The van der Waals surface area contributed by atoms with Crippen molar-refractivity contribution in [3.05, 3.63) is 83.9 Å². The lowest BCUT2D eigenvalue weighted by molar-refractivity contribution is -0.120. The molecule has 0 aliphatic rings. The maximum absolute atomic E-state index is 12.6. The molecule has 0 saturated carbocycles. The number of hydrogen-bond donors (Lipinski definition) is 1. The summed E-state index contributed by atoms with van der Waals surface area (Å²) in [5.74, 6) is 1.65. The average molecular weight is 399 g/mol. The Balaban J connectivity index is 1.44. The molecule has 4 nitrogen and oxygen atoms in total. The highest BCUT2D eigenvalue weighted by molar-refractivity contribution is 5.91. The predicted molar refractivity (Wildman–Crippen MR) is 121 cm³/mol. The van der Waals surface area contributed by atoms with Gasteiger partial charge in [-0.05, 0) is 63.4 Å². The van der Waals surface area contributed by atoms with Gasteiger partial charge < -0.3 is 14.8 Å². The summed E-state index contributed by atoms with van der Waals surface area (Å²) in [5, 5.41) is 7.55. The van der Waals surface area contributed by atoms with Crippen LogP contribution < -0.4 is 14.8 Å². The molecule has 152 valence electrons. The molecular weight excluding hydrogens is 374 g/mol. The van der Waals surface area contributed by atoms with Gasteiger partial charge in [-0.3, -0.25) is 4.79 Å². The molecule has 0 bridgehead atoms. The van der Waals surface area contributed by atoms with Crippen molar-refractivity contribution in [2.45, 2.75) is 12.8 Å². The zero-order chi connectivity index (χ0) is 20.9. The number of rotatable bonds is 7. The summed E-state index contributed by atoms with van der Waals surface area (Å²) < 4.78 is 10.7. The van der Waals surface area contributed by atoms with E-state index in [1.807, 2.05) is 42.5 Å². The third-order valence-corrected chi connectivity index (χ3v) is 5.43. The van der Waals surface area contributed by atoms with E-state index in [9.17, 15) is 4.79 Å². The van der Waals surface area contributed by atoms with E-state index >= 15 is 0 Å². The Bertz CT molecular complexity index is 1200. The molecule has 4 aromatic rings. The molecule has 0 radical (unpaired) electrons. The molecule has 0 heterocycles. The van der Waals surface area contributed by atoms with E-state index in [4.69, 9.17) is 9.47 Å². The molecule has 4 aromatic carbocycles. The molecule has 30 heavy (non-hydrogen) atoms. The minimum atomic E-state index is 0.0168. The second-order valence-electron chi connectivity index (χ2n) is 7.29. The van der Waals surface area contributed by atoms with Crippen LogP contribution in [0, 0.1) is 0 Å². The first-order valence-electron chi connectivity index (χ1n) is 10.1. The summed E-state index contributed by atoms with van der Waals surface area (Å²) >= 11 is 0. The third-order valence-electron chi connectivity index (χ3n) is 5.43. The first kappa shape index (κ1) is 19.8. The Morgan fingerprint density at radius 2 is 1.33 bits per heavy atom. The number of benzene rings is 4. The van der Waals surface area contributed by atoms with Crippen LogP contribution in [0.3, 0.4) is 0 Å². The van der Waals surface area contributed by atoms with Gasteiger partial charge in [-0.25, -0.2) is 0 Å². The van der Waals surface area contributed by atoms with Gasteiger partial charge in [-0.2, -0.15) is 0 Å². The Labute approximate surface area is 176 Å². The maximum Gasteiger partial charge on any atom is 0.224 e. The lowest BCUT2D eigenvalue weighted by atomic mass is 10.0. The number of nitrogens with one attached hydrogen (secondary N) is 1. The summed E-state index contributed by atoms with van der Waals surface area (Å²) in [4.78, 5) is 12.6. The van der Waals surface area contributed by atoms with Crippen molar-refractivity contribution in [3.63, 3.8) is 0 Å². The molecular formula is C26H25NO3. The van der Waals surface area contributed by atoms with Crippen LogP contribution in [0.5, 0.6) is 11.5 Å². The summed E-state index contributed by atoms with van der Waals surface area (Å²) in [6, 6.07) is 24.3. The van der Waals surface area contributed by atoms with E-state index in [0.717, 1.165) is 39.6 Å². The van der Waals surface area contributed by atoms with E-state index in [-0.39, 0.29) is 5.91 Å². The maximum atomic E-state index is 12.6. The zero-order valence-electron chi connectivity index (χ0n) is 17.3. The first-order chi connectivity index (χ1) is 14.7. The van der Waals surface area contributed by atoms with E-state index in [1.54, 1.807) is 14.2 Å². The number of ether oxygens (including phenoxy) is 2. The topological polar surface area (TPSA) is 47.6 Å². The SMILES string of the molecule is COc1ccc2cccc(CCNC(=O)Cc3cccc4ccc(OC)cc34)c2c1. The normalized spacial score (nSPS) is 10.9. The quantitative estimate of drug-likeness (QED) is 0.480. The monoisotopic (exact) mass is 399 g/mol. The van der Waals surface area contributed by atoms with Crippen LogP contribution >= 0.6 is 0 Å². The minimum absolute atomic E-state index is 0.0168. The fourth-order valence-corrected chi connectivity index (χ4v) is 3.83. The number of carbonyl (C=O) groups is 1. The highest BCUT2D eigenvalue weighted by atomic mass is 16.5. The summed E-state index contributed by atoms with van der Waals surface area (Å²) in [6.45, 7) is 0.587. The van der Waals surface area contributed by atoms with Crippen molar-refractivity contribution in [2.24, 2.45) is 0 Å². The molecule has 0 fully saturated rings. The van der Waals surface area contributed by atoms with Gasteiger partial charge >= 0.3 is 0 Å². The van der Waals surface area contributed by atoms with Crippen LogP contribution in [0.15, 0.2) is 72.8 Å². The van der Waals surface area contributed by atoms with Crippen LogP contribution in [-0.4, -0.2) is 26.7 Å². The molecule has 0 atom stereocenters. The Morgan fingerprint density at radius 1 is 0.767 bits per heavy atom. The second-order valence-corrected chi connectivity index (χ2v) is 7.29. The van der Waals surface area contributed by atoms with Gasteiger partial charge in [-0.1, -0.05) is 48.5 Å². The standard InChI is InChI=1S/C26H25NO3/c1-29-22-11-9-18-5-3-7-20(24(18)16-22)13-14-27-26(28)15-21-8-4-6-19-10-12-23(30-2)17-25(19)21/h3-12,16-17H,13-15H2,1-2H3,(H,27,28). The first-order valence-corrected chi connectivity index (χ1v) is 10.1. The van der Waals surface area contributed by atoms with Gasteiger partial charge in [0.2, 0.25) is 5.91 Å². The van der Waals surface area contributed by atoms with Crippen LogP contribution in [-0.2, 0) is 17.6 Å². The fourth-order valence-electron chi connectivity index (χ4n) is 3.83. The van der Waals surface area contributed by atoms with Gasteiger partial charge in [0.15, 0.2) is 0 Å².